The molecule has 0 radical (unpaired) electrons. The summed E-state index contributed by atoms with van der Waals surface area (Å²) in [5.74, 6) is 1.27. The average molecular weight is 248 g/mol. The quantitative estimate of drug-likeness (QED) is 0.863. The van der Waals surface area contributed by atoms with Crippen LogP contribution in [-0.2, 0) is 5.75 Å². The molecule has 0 aliphatic carbocycles. The van der Waals surface area contributed by atoms with Crippen molar-refractivity contribution < 1.29 is 4.39 Å². The van der Waals surface area contributed by atoms with Crippen LogP contribution in [0.25, 0.3) is 0 Å². The maximum absolute atomic E-state index is 13.3. The summed E-state index contributed by atoms with van der Waals surface area (Å²) in [5.41, 5.74) is 6.45. The standard InChI is InChI=1S/C11H15ClFNS/c1-2-10(14)7-15-6-8-3-4-9(12)5-11(8)13/h3-5,10H,2,6-7,14H2,1H3. The van der Waals surface area contributed by atoms with Crippen molar-refractivity contribution in [2.75, 3.05) is 5.75 Å². The summed E-state index contributed by atoms with van der Waals surface area (Å²) in [6, 6.07) is 4.98. The van der Waals surface area contributed by atoms with Gasteiger partial charge < -0.3 is 5.73 Å². The molecule has 1 nitrogen and oxygen atoms in total. The summed E-state index contributed by atoms with van der Waals surface area (Å²) in [7, 11) is 0. The molecule has 1 rings (SSSR count). The normalized spacial score (nSPS) is 12.8. The molecule has 4 heteroatoms. The van der Waals surface area contributed by atoms with E-state index in [0.29, 0.717) is 16.3 Å². The van der Waals surface area contributed by atoms with E-state index in [4.69, 9.17) is 17.3 Å². The summed E-state index contributed by atoms with van der Waals surface area (Å²) < 4.78 is 13.3. The van der Waals surface area contributed by atoms with Gasteiger partial charge in [-0.25, -0.2) is 4.39 Å². The minimum absolute atomic E-state index is 0.199. The van der Waals surface area contributed by atoms with Crippen molar-refractivity contribution in [1.29, 1.82) is 0 Å². The fourth-order valence-electron chi connectivity index (χ4n) is 1.08. The highest BCUT2D eigenvalue weighted by Gasteiger charge is 2.04. The summed E-state index contributed by atoms with van der Waals surface area (Å²) in [4.78, 5) is 0. The molecule has 0 aliphatic rings. The minimum atomic E-state index is -0.236. The molecule has 1 unspecified atom stereocenters. The Balaban J connectivity index is 2.44. The average Bonchev–Trinajstić information content (AvgIpc) is 2.21. The third kappa shape index (κ3) is 4.41. The summed E-state index contributed by atoms with van der Waals surface area (Å²) in [6.45, 7) is 2.05. The molecule has 84 valence electrons. The van der Waals surface area contributed by atoms with Crippen LogP contribution in [0.3, 0.4) is 0 Å². The molecule has 0 heterocycles. The second kappa shape index (κ2) is 6.36. The molecule has 0 spiro atoms. The molecule has 1 atom stereocenters. The van der Waals surface area contributed by atoms with E-state index in [1.807, 2.05) is 6.92 Å². The highest BCUT2D eigenvalue weighted by molar-refractivity contribution is 7.98. The molecule has 0 saturated carbocycles. The SMILES string of the molecule is CCC(N)CSCc1ccc(Cl)cc1F. The van der Waals surface area contributed by atoms with Crippen LogP contribution < -0.4 is 5.73 Å². The maximum Gasteiger partial charge on any atom is 0.128 e. The lowest BCUT2D eigenvalue weighted by atomic mass is 10.2. The van der Waals surface area contributed by atoms with Crippen molar-refractivity contribution in [1.82, 2.24) is 0 Å². The zero-order valence-corrected chi connectivity index (χ0v) is 10.2. The van der Waals surface area contributed by atoms with Gasteiger partial charge in [0.25, 0.3) is 0 Å². The first-order valence-electron chi connectivity index (χ1n) is 4.90. The van der Waals surface area contributed by atoms with Gasteiger partial charge in [-0.2, -0.15) is 11.8 Å². The monoisotopic (exact) mass is 247 g/mol. The minimum Gasteiger partial charge on any atom is -0.327 e. The van der Waals surface area contributed by atoms with Crippen LogP contribution in [0, 0.1) is 5.82 Å². The van der Waals surface area contributed by atoms with Crippen molar-refractivity contribution in [2.24, 2.45) is 5.73 Å². The lowest BCUT2D eigenvalue weighted by Gasteiger charge is -2.08. The molecule has 0 aliphatic heterocycles. The molecule has 2 N–H and O–H groups in total. The lowest BCUT2D eigenvalue weighted by molar-refractivity contribution is 0.617. The third-order valence-electron chi connectivity index (χ3n) is 2.13. The van der Waals surface area contributed by atoms with Crippen molar-refractivity contribution in [3.8, 4) is 0 Å². The third-order valence-corrected chi connectivity index (χ3v) is 3.54. The Labute approximate surface area is 99.2 Å². The van der Waals surface area contributed by atoms with Crippen molar-refractivity contribution in [3.05, 3.63) is 34.6 Å². The second-order valence-electron chi connectivity index (χ2n) is 3.42. The van der Waals surface area contributed by atoms with Crippen LogP contribution in [0.1, 0.15) is 18.9 Å². The number of hydrogen-bond acceptors (Lipinski definition) is 2. The maximum atomic E-state index is 13.3. The highest BCUT2D eigenvalue weighted by Crippen LogP contribution is 2.19. The number of nitrogens with two attached hydrogens (primary N) is 1. The predicted octanol–water partition coefficient (Wildman–Crippen LogP) is 3.45. The van der Waals surface area contributed by atoms with Crippen LogP contribution >= 0.6 is 23.4 Å². The van der Waals surface area contributed by atoms with Gasteiger partial charge in [0.1, 0.15) is 5.82 Å². The summed E-state index contributed by atoms with van der Waals surface area (Å²) in [6.07, 6.45) is 0.954. The van der Waals surface area contributed by atoms with Gasteiger partial charge in [0.05, 0.1) is 0 Å². The van der Waals surface area contributed by atoms with Gasteiger partial charge in [-0.3, -0.25) is 0 Å². The molecule has 15 heavy (non-hydrogen) atoms. The van der Waals surface area contributed by atoms with Gasteiger partial charge in [-0.1, -0.05) is 24.6 Å². The van der Waals surface area contributed by atoms with Gasteiger partial charge >= 0.3 is 0 Å². The summed E-state index contributed by atoms with van der Waals surface area (Å²) >= 11 is 7.31. The Bertz CT molecular complexity index is 319. The molecule has 1 aromatic rings. The van der Waals surface area contributed by atoms with E-state index < -0.39 is 0 Å². The Kier molecular flexibility index (Phi) is 5.43. The van der Waals surface area contributed by atoms with Gasteiger partial charge in [0.15, 0.2) is 0 Å². The van der Waals surface area contributed by atoms with Crippen LogP contribution in [0.5, 0.6) is 0 Å². The van der Waals surface area contributed by atoms with E-state index in [-0.39, 0.29) is 11.9 Å². The molecule has 0 saturated heterocycles. The van der Waals surface area contributed by atoms with Crippen LogP contribution in [0.15, 0.2) is 18.2 Å². The van der Waals surface area contributed by atoms with Gasteiger partial charge in [-0.15, -0.1) is 0 Å². The number of halogens is 2. The Morgan fingerprint density at radius 3 is 2.87 bits per heavy atom. The van der Waals surface area contributed by atoms with E-state index in [9.17, 15) is 4.39 Å². The second-order valence-corrected chi connectivity index (χ2v) is 4.89. The Morgan fingerprint density at radius 1 is 1.53 bits per heavy atom. The highest BCUT2D eigenvalue weighted by atomic mass is 35.5. The molecule has 1 aromatic carbocycles. The van der Waals surface area contributed by atoms with Crippen molar-refractivity contribution in [2.45, 2.75) is 25.1 Å². The van der Waals surface area contributed by atoms with E-state index >= 15 is 0 Å². The first-order valence-corrected chi connectivity index (χ1v) is 6.44. The number of rotatable bonds is 5. The topological polar surface area (TPSA) is 26.0 Å². The largest absolute Gasteiger partial charge is 0.327 e. The first kappa shape index (κ1) is 12.8. The van der Waals surface area contributed by atoms with Gasteiger partial charge in [0, 0.05) is 22.6 Å². The smallest absolute Gasteiger partial charge is 0.128 e. The number of benzene rings is 1. The van der Waals surface area contributed by atoms with Crippen molar-refractivity contribution in [3.63, 3.8) is 0 Å². The van der Waals surface area contributed by atoms with Crippen LogP contribution in [0.2, 0.25) is 5.02 Å². The predicted molar refractivity (Wildman–Crippen MR) is 65.8 cm³/mol. The fourth-order valence-corrected chi connectivity index (χ4v) is 2.35. The van der Waals surface area contributed by atoms with E-state index in [1.54, 1.807) is 23.9 Å². The zero-order chi connectivity index (χ0) is 11.3. The van der Waals surface area contributed by atoms with Crippen LogP contribution in [0.4, 0.5) is 4.39 Å². The van der Waals surface area contributed by atoms with Crippen molar-refractivity contribution >= 4 is 23.4 Å². The number of hydrogen-bond donors (Lipinski definition) is 1. The molecule has 0 amide bonds. The van der Waals surface area contributed by atoms with E-state index in [0.717, 1.165) is 12.2 Å². The lowest BCUT2D eigenvalue weighted by Crippen LogP contribution is -2.21. The van der Waals surface area contributed by atoms with Crippen LogP contribution in [-0.4, -0.2) is 11.8 Å². The molecule has 0 fully saturated rings. The molecular formula is C11H15ClFNS. The molecular weight excluding hydrogens is 233 g/mol. The van der Waals surface area contributed by atoms with E-state index in [1.165, 1.54) is 6.07 Å². The Hall–Kier alpha value is -0.250. The number of thioether (sulfide) groups is 1. The van der Waals surface area contributed by atoms with Gasteiger partial charge in [-0.05, 0) is 24.1 Å². The fraction of sp³-hybridized carbons (Fsp3) is 0.455. The molecule has 0 aromatic heterocycles. The zero-order valence-electron chi connectivity index (χ0n) is 8.67. The van der Waals surface area contributed by atoms with Gasteiger partial charge in [0.2, 0.25) is 0 Å². The van der Waals surface area contributed by atoms with E-state index in [2.05, 4.69) is 0 Å². The Morgan fingerprint density at radius 2 is 2.27 bits per heavy atom. The summed E-state index contributed by atoms with van der Waals surface area (Å²) in [5, 5.41) is 0.437. The molecule has 0 bridgehead atoms. The first-order chi connectivity index (χ1) is 7.13.